The molecule has 88 valence electrons. The molecule has 0 aliphatic heterocycles. The van der Waals surface area contributed by atoms with Gasteiger partial charge in [-0.05, 0) is 38.1 Å². The van der Waals surface area contributed by atoms with Crippen molar-refractivity contribution in [3.63, 3.8) is 0 Å². The third-order valence-corrected chi connectivity index (χ3v) is 3.30. The van der Waals surface area contributed by atoms with Gasteiger partial charge in [-0.15, -0.1) is 0 Å². The average Bonchev–Trinajstić information content (AvgIpc) is 2.77. The fourth-order valence-corrected chi connectivity index (χ4v) is 2.11. The number of hydrogen-bond acceptors (Lipinski definition) is 2. The van der Waals surface area contributed by atoms with Crippen molar-refractivity contribution in [3.8, 4) is 0 Å². The Morgan fingerprint density at radius 2 is 2.13 bits per heavy atom. The number of carbonyl (C=O) groups is 1. The van der Waals surface area contributed by atoms with Crippen LogP contribution in [-0.4, -0.2) is 19.0 Å². The number of nitrogens with one attached hydrogen (secondary N) is 1. The topological polar surface area (TPSA) is 55.1 Å². The molecule has 0 saturated heterocycles. The van der Waals surface area contributed by atoms with E-state index in [0.717, 1.165) is 38.8 Å². The van der Waals surface area contributed by atoms with Crippen molar-refractivity contribution >= 4 is 5.91 Å². The summed E-state index contributed by atoms with van der Waals surface area (Å²) in [6.45, 7) is 3.72. The molecular formula is C12H24N2O. The minimum absolute atomic E-state index is 0.271. The molecule has 1 unspecified atom stereocenters. The van der Waals surface area contributed by atoms with Crippen LogP contribution in [0.4, 0.5) is 0 Å². The molecule has 0 heterocycles. The van der Waals surface area contributed by atoms with Crippen molar-refractivity contribution in [1.29, 1.82) is 0 Å². The first-order valence-corrected chi connectivity index (χ1v) is 6.21. The lowest BCUT2D eigenvalue weighted by Crippen LogP contribution is -2.30. The number of rotatable bonds is 6. The Hall–Kier alpha value is -0.570. The van der Waals surface area contributed by atoms with Gasteiger partial charge in [0, 0.05) is 12.5 Å². The minimum atomic E-state index is 0.271. The van der Waals surface area contributed by atoms with Gasteiger partial charge in [0.05, 0.1) is 0 Å². The third-order valence-electron chi connectivity index (χ3n) is 3.30. The van der Waals surface area contributed by atoms with Crippen LogP contribution in [0.1, 0.15) is 45.4 Å². The van der Waals surface area contributed by atoms with Crippen LogP contribution in [0.15, 0.2) is 0 Å². The number of nitrogens with two attached hydrogens (primary N) is 1. The van der Waals surface area contributed by atoms with E-state index in [1.807, 2.05) is 0 Å². The maximum atomic E-state index is 11.6. The van der Waals surface area contributed by atoms with Crippen molar-refractivity contribution in [1.82, 2.24) is 5.32 Å². The summed E-state index contributed by atoms with van der Waals surface area (Å²) in [4.78, 5) is 11.6. The highest BCUT2D eigenvalue weighted by Crippen LogP contribution is 2.24. The van der Waals surface area contributed by atoms with Crippen LogP contribution in [0.3, 0.4) is 0 Å². The highest BCUT2D eigenvalue weighted by molar-refractivity contribution is 5.78. The summed E-state index contributed by atoms with van der Waals surface area (Å²) in [6, 6.07) is 0. The van der Waals surface area contributed by atoms with E-state index < -0.39 is 0 Å². The largest absolute Gasteiger partial charge is 0.356 e. The molecule has 0 aromatic heterocycles. The SMILES string of the molecule is CC(CN)CCCNC(=O)C1CCCC1. The van der Waals surface area contributed by atoms with E-state index >= 15 is 0 Å². The van der Waals surface area contributed by atoms with Gasteiger partial charge in [0.1, 0.15) is 0 Å². The zero-order chi connectivity index (χ0) is 11.1. The molecule has 1 aliphatic carbocycles. The molecule has 1 saturated carbocycles. The zero-order valence-corrected chi connectivity index (χ0v) is 9.80. The van der Waals surface area contributed by atoms with E-state index in [4.69, 9.17) is 5.73 Å². The maximum absolute atomic E-state index is 11.6. The van der Waals surface area contributed by atoms with Crippen LogP contribution in [0.25, 0.3) is 0 Å². The molecule has 0 spiro atoms. The third kappa shape index (κ3) is 4.65. The van der Waals surface area contributed by atoms with Gasteiger partial charge in [-0.1, -0.05) is 19.8 Å². The highest BCUT2D eigenvalue weighted by Gasteiger charge is 2.21. The lowest BCUT2D eigenvalue weighted by molar-refractivity contribution is -0.124. The monoisotopic (exact) mass is 212 g/mol. The molecule has 1 rings (SSSR count). The Bertz CT molecular complexity index is 188. The van der Waals surface area contributed by atoms with Crippen molar-refractivity contribution in [2.24, 2.45) is 17.6 Å². The maximum Gasteiger partial charge on any atom is 0.223 e. The Morgan fingerprint density at radius 3 is 2.73 bits per heavy atom. The molecule has 1 aliphatic rings. The van der Waals surface area contributed by atoms with E-state index in [1.54, 1.807) is 0 Å². The lowest BCUT2D eigenvalue weighted by atomic mass is 10.1. The standard InChI is InChI=1S/C12H24N2O/c1-10(9-13)5-4-8-14-12(15)11-6-2-3-7-11/h10-11H,2-9,13H2,1H3,(H,14,15). The molecule has 0 radical (unpaired) electrons. The number of hydrogen-bond donors (Lipinski definition) is 2. The fraction of sp³-hybridized carbons (Fsp3) is 0.917. The second-order valence-electron chi connectivity index (χ2n) is 4.76. The smallest absolute Gasteiger partial charge is 0.223 e. The van der Waals surface area contributed by atoms with E-state index in [2.05, 4.69) is 12.2 Å². The Morgan fingerprint density at radius 1 is 1.47 bits per heavy atom. The number of carbonyl (C=O) groups excluding carboxylic acids is 1. The van der Waals surface area contributed by atoms with Crippen LogP contribution in [-0.2, 0) is 4.79 Å². The van der Waals surface area contributed by atoms with Gasteiger partial charge in [0.2, 0.25) is 5.91 Å². The second kappa shape index (κ2) is 6.83. The summed E-state index contributed by atoms with van der Waals surface area (Å²) >= 11 is 0. The van der Waals surface area contributed by atoms with Gasteiger partial charge in [0.15, 0.2) is 0 Å². The Balaban J connectivity index is 2.01. The average molecular weight is 212 g/mol. The van der Waals surface area contributed by atoms with Gasteiger partial charge in [-0.3, -0.25) is 4.79 Å². The summed E-state index contributed by atoms with van der Waals surface area (Å²) in [5, 5.41) is 3.02. The quantitative estimate of drug-likeness (QED) is 0.658. The predicted molar refractivity (Wildman–Crippen MR) is 62.4 cm³/mol. The molecule has 0 aromatic rings. The van der Waals surface area contributed by atoms with Gasteiger partial charge in [0.25, 0.3) is 0 Å². The van der Waals surface area contributed by atoms with Crippen LogP contribution >= 0.6 is 0 Å². The van der Waals surface area contributed by atoms with E-state index in [-0.39, 0.29) is 5.91 Å². The van der Waals surface area contributed by atoms with E-state index in [0.29, 0.717) is 11.8 Å². The van der Waals surface area contributed by atoms with Crippen LogP contribution < -0.4 is 11.1 Å². The van der Waals surface area contributed by atoms with Crippen molar-refractivity contribution in [2.45, 2.75) is 45.4 Å². The number of amides is 1. The fourth-order valence-electron chi connectivity index (χ4n) is 2.11. The Labute approximate surface area is 92.8 Å². The van der Waals surface area contributed by atoms with E-state index in [9.17, 15) is 4.79 Å². The second-order valence-corrected chi connectivity index (χ2v) is 4.76. The summed E-state index contributed by atoms with van der Waals surface area (Å²) in [6.07, 6.45) is 6.79. The predicted octanol–water partition coefficient (Wildman–Crippen LogP) is 1.67. The first-order valence-electron chi connectivity index (χ1n) is 6.21. The van der Waals surface area contributed by atoms with E-state index in [1.165, 1.54) is 12.8 Å². The zero-order valence-electron chi connectivity index (χ0n) is 9.80. The molecule has 3 nitrogen and oxygen atoms in total. The molecule has 0 bridgehead atoms. The van der Waals surface area contributed by atoms with Gasteiger partial charge >= 0.3 is 0 Å². The van der Waals surface area contributed by atoms with Crippen LogP contribution in [0, 0.1) is 11.8 Å². The molecule has 1 amide bonds. The van der Waals surface area contributed by atoms with Gasteiger partial charge in [-0.25, -0.2) is 0 Å². The molecular weight excluding hydrogens is 188 g/mol. The normalized spacial score (nSPS) is 19.1. The molecule has 3 N–H and O–H groups in total. The molecule has 1 fully saturated rings. The Kier molecular flexibility index (Phi) is 5.69. The highest BCUT2D eigenvalue weighted by atomic mass is 16.1. The van der Waals surface area contributed by atoms with Crippen LogP contribution in [0.5, 0.6) is 0 Å². The molecule has 0 aromatic carbocycles. The van der Waals surface area contributed by atoms with Crippen molar-refractivity contribution < 1.29 is 4.79 Å². The van der Waals surface area contributed by atoms with Gasteiger partial charge < -0.3 is 11.1 Å². The van der Waals surface area contributed by atoms with Crippen LogP contribution in [0.2, 0.25) is 0 Å². The molecule has 15 heavy (non-hydrogen) atoms. The van der Waals surface area contributed by atoms with Crippen molar-refractivity contribution in [2.75, 3.05) is 13.1 Å². The first kappa shape index (κ1) is 12.5. The summed E-state index contributed by atoms with van der Waals surface area (Å²) < 4.78 is 0. The molecule has 3 heteroatoms. The van der Waals surface area contributed by atoms with Crippen molar-refractivity contribution in [3.05, 3.63) is 0 Å². The summed E-state index contributed by atoms with van der Waals surface area (Å²) in [7, 11) is 0. The summed E-state index contributed by atoms with van der Waals surface area (Å²) in [5.74, 6) is 1.15. The minimum Gasteiger partial charge on any atom is -0.356 e. The lowest BCUT2D eigenvalue weighted by Gasteiger charge is -2.11. The van der Waals surface area contributed by atoms with Gasteiger partial charge in [-0.2, -0.15) is 0 Å². The first-order chi connectivity index (χ1) is 7.24. The molecule has 1 atom stereocenters. The summed E-state index contributed by atoms with van der Waals surface area (Å²) in [5.41, 5.74) is 5.53.